The predicted molar refractivity (Wildman–Crippen MR) is 82.2 cm³/mol. The lowest BCUT2D eigenvalue weighted by atomic mass is 10.2. The summed E-state index contributed by atoms with van der Waals surface area (Å²) in [4.78, 5) is 34.5. The van der Waals surface area contributed by atoms with Crippen LogP contribution in [0, 0.1) is 0 Å². The molecular weight excluding hydrogens is 333 g/mol. The number of carbonyl (C=O) groups is 3. The Labute approximate surface area is 137 Å². The molecule has 118 valence electrons. The number of nitrogens with one attached hydrogen (secondary N) is 1. The normalized spacial score (nSPS) is 10.9. The summed E-state index contributed by atoms with van der Waals surface area (Å²) >= 11 is 12.0. The first-order chi connectivity index (χ1) is 10.3. The maximum absolute atomic E-state index is 11.6. The minimum Gasteiger partial charge on any atom is -0.465 e. The number of hydrogen-bond donors (Lipinski definition) is 1. The molecule has 0 aliphatic heterocycles. The van der Waals surface area contributed by atoms with Crippen molar-refractivity contribution >= 4 is 46.6 Å². The van der Waals surface area contributed by atoms with Gasteiger partial charge in [0.25, 0.3) is 0 Å². The molecule has 0 atom stereocenters. The van der Waals surface area contributed by atoms with Crippen LogP contribution in [0.25, 0.3) is 0 Å². The Bertz CT molecular complexity index is 655. The van der Waals surface area contributed by atoms with Crippen LogP contribution in [-0.4, -0.2) is 31.9 Å². The summed E-state index contributed by atoms with van der Waals surface area (Å²) in [5, 5.41) is 2.93. The Balaban J connectivity index is 3.23. The van der Waals surface area contributed by atoms with E-state index in [9.17, 15) is 14.4 Å². The van der Waals surface area contributed by atoms with Crippen LogP contribution in [0.4, 0.5) is 5.69 Å². The quantitative estimate of drug-likeness (QED) is 0.382. The van der Waals surface area contributed by atoms with Gasteiger partial charge < -0.3 is 14.8 Å². The molecular formula is C14H13Cl2NO5. The number of carbonyl (C=O) groups excluding carboxylic acids is 3. The van der Waals surface area contributed by atoms with Crippen LogP contribution < -0.4 is 5.32 Å². The molecule has 1 rings (SSSR count). The van der Waals surface area contributed by atoms with E-state index in [2.05, 4.69) is 14.8 Å². The number of hydrogen-bond acceptors (Lipinski definition) is 6. The molecule has 0 saturated heterocycles. The Kier molecular flexibility index (Phi) is 6.39. The number of ether oxygens (including phenoxy) is 2. The van der Waals surface area contributed by atoms with Crippen LogP contribution in [0.3, 0.4) is 0 Å². The van der Waals surface area contributed by atoms with Gasteiger partial charge in [-0.15, -0.1) is 0 Å². The lowest BCUT2D eigenvalue weighted by Crippen LogP contribution is -2.13. The monoisotopic (exact) mass is 345 g/mol. The van der Waals surface area contributed by atoms with Crippen LogP contribution in [0.15, 0.2) is 23.9 Å². The van der Waals surface area contributed by atoms with Gasteiger partial charge in [-0.05, 0) is 19.1 Å². The second-order valence-electron chi connectivity index (χ2n) is 4.06. The van der Waals surface area contributed by atoms with E-state index < -0.39 is 17.7 Å². The molecule has 8 heteroatoms. The fourth-order valence-corrected chi connectivity index (χ4v) is 1.98. The lowest BCUT2D eigenvalue weighted by Gasteiger charge is -2.10. The van der Waals surface area contributed by atoms with Gasteiger partial charge in [-0.2, -0.15) is 0 Å². The highest BCUT2D eigenvalue weighted by atomic mass is 35.5. The average molecular weight is 346 g/mol. The van der Waals surface area contributed by atoms with E-state index in [0.29, 0.717) is 0 Å². The highest BCUT2D eigenvalue weighted by Crippen LogP contribution is 2.30. The number of Topliss-reactive ketones (excluding diaryl/α,β-unsaturated/α-hetero) is 1. The molecule has 1 N–H and O–H groups in total. The number of esters is 2. The van der Waals surface area contributed by atoms with Gasteiger partial charge in [0.2, 0.25) is 0 Å². The molecule has 0 bridgehead atoms. The molecule has 0 aromatic heterocycles. The summed E-state index contributed by atoms with van der Waals surface area (Å²) in [5.74, 6) is -1.96. The maximum atomic E-state index is 11.6. The van der Waals surface area contributed by atoms with Gasteiger partial charge in [0, 0.05) is 11.2 Å². The fourth-order valence-electron chi connectivity index (χ4n) is 1.52. The van der Waals surface area contributed by atoms with E-state index in [4.69, 9.17) is 23.2 Å². The molecule has 0 radical (unpaired) electrons. The summed E-state index contributed by atoms with van der Waals surface area (Å²) in [6.45, 7) is 1.21. The van der Waals surface area contributed by atoms with Gasteiger partial charge in [-0.3, -0.25) is 4.79 Å². The van der Waals surface area contributed by atoms with Gasteiger partial charge in [0.15, 0.2) is 5.78 Å². The van der Waals surface area contributed by atoms with Crippen LogP contribution >= 0.6 is 23.2 Å². The van der Waals surface area contributed by atoms with Gasteiger partial charge in [0.1, 0.15) is 5.57 Å². The zero-order valence-electron chi connectivity index (χ0n) is 12.0. The third-order valence-electron chi connectivity index (χ3n) is 2.60. The SMILES string of the molecule is COC(=O)C(=CNc1cc(Cl)cc(C(=O)OC)c1Cl)C(C)=O. The smallest absolute Gasteiger partial charge is 0.342 e. The third kappa shape index (κ3) is 4.22. The molecule has 1 aromatic rings. The van der Waals surface area contributed by atoms with Crippen molar-refractivity contribution in [2.24, 2.45) is 0 Å². The van der Waals surface area contributed by atoms with E-state index in [-0.39, 0.29) is 26.9 Å². The molecule has 0 aliphatic carbocycles. The zero-order valence-corrected chi connectivity index (χ0v) is 13.5. The zero-order chi connectivity index (χ0) is 16.9. The van der Waals surface area contributed by atoms with Crippen LogP contribution in [0.1, 0.15) is 17.3 Å². The van der Waals surface area contributed by atoms with Crippen molar-refractivity contribution < 1.29 is 23.9 Å². The van der Waals surface area contributed by atoms with E-state index in [1.165, 1.54) is 26.2 Å². The van der Waals surface area contributed by atoms with E-state index in [0.717, 1.165) is 13.3 Å². The molecule has 0 amide bonds. The van der Waals surface area contributed by atoms with Crippen molar-refractivity contribution in [1.82, 2.24) is 0 Å². The van der Waals surface area contributed by atoms with E-state index in [1.54, 1.807) is 0 Å². The standard InChI is InChI=1S/C14H13Cl2NO5/c1-7(18)10(14(20)22-3)6-17-11-5-8(15)4-9(12(11)16)13(19)21-2/h4-6,17H,1-3H3. The fraction of sp³-hybridized carbons (Fsp3) is 0.214. The predicted octanol–water partition coefficient (Wildman–Crippen LogP) is 2.84. The first-order valence-electron chi connectivity index (χ1n) is 5.95. The summed E-state index contributed by atoms with van der Waals surface area (Å²) in [6, 6.07) is 2.78. The Morgan fingerprint density at radius 1 is 1.14 bits per heavy atom. The summed E-state index contributed by atoms with van der Waals surface area (Å²) in [5.41, 5.74) is 0.0744. The Morgan fingerprint density at radius 3 is 2.27 bits per heavy atom. The van der Waals surface area contributed by atoms with Gasteiger partial charge in [-0.25, -0.2) is 9.59 Å². The molecule has 0 spiro atoms. The van der Waals surface area contributed by atoms with Crippen molar-refractivity contribution in [3.63, 3.8) is 0 Å². The number of halogens is 2. The number of rotatable bonds is 5. The number of methoxy groups -OCH3 is 2. The number of ketones is 1. The van der Waals surface area contributed by atoms with E-state index >= 15 is 0 Å². The summed E-state index contributed by atoms with van der Waals surface area (Å²) in [6.07, 6.45) is 1.13. The molecule has 0 aliphatic rings. The first kappa shape index (κ1) is 18.0. The largest absolute Gasteiger partial charge is 0.465 e. The molecule has 22 heavy (non-hydrogen) atoms. The molecule has 0 saturated carbocycles. The summed E-state index contributed by atoms with van der Waals surface area (Å²) in [7, 11) is 2.36. The van der Waals surface area contributed by atoms with Crippen LogP contribution in [-0.2, 0) is 19.1 Å². The van der Waals surface area contributed by atoms with Crippen molar-refractivity contribution in [2.45, 2.75) is 6.92 Å². The summed E-state index contributed by atoms with van der Waals surface area (Å²) < 4.78 is 9.09. The Hall–Kier alpha value is -2.05. The number of benzene rings is 1. The highest BCUT2D eigenvalue weighted by Gasteiger charge is 2.17. The van der Waals surface area contributed by atoms with Gasteiger partial charge in [0.05, 0.1) is 30.5 Å². The molecule has 0 fully saturated rings. The topological polar surface area (TPSA) is 81.7 Å². The van der Waals surface area contributed by atoms with Crippen molar-refractivity contribution in [1.29, 1.82) is 0 Å². The maximum Gasteiger partial charge on any atom is 0.342 e. The first-order valence-corrected chi connectivity index (χ1v) is 6.70. The van der Waals surface area contributed by atoms with Gasteiger partial charge in [-0.1, -0.05) is 23.2 Å². The van der Waals surface area contributed by atoms with Crippen molar-refractivity contribution in [2.75, 3.05) is 19.5 Å². The molecule has 1 aromatic carbocycles. The molecule has 0 heterocycles. The highest BCUT2D eigenvalue weighted by molar-refractivity contribution is 6.38. The number of anilines is 1. The molecule has 0 unspecified atom stereocenters. The van der Waals surface area contributed by atoms with Crippen LogP contribution in [0.5, 0.6) is 0 Å². The van der Waals surface area contributed by atoms with Crippen molar-refractivity contribution in [3.05, 3.63) is 39.5 Å². The second-order valence-corrected chi connectivity index (χ2v) is 4.87. The van der Waals surface area contributed by atoms with Crippen LogP contribution in [0.2, 0.25) is 10.0 Å². The third-order valence-corrected chi connectivity index (χ3v) is 3.22. The second kappa shape index (κ2) is 7.82. The minimum atomic E-state index is -0.800. The van der Waals surface area contributed by atoms with Gasteiger partial charge >= 0.3 is 11.9 Å². The van der Waals surface area contributed by atoms with Crippen molar-refractivity contribution in [3.8, 4) is 0 Å². The Morgan fingerprint density at radius 2 is 1.77 bits per heavy atom. The lowest BCUT2D eigenvalue weighted by molar-refractivity contribution is -0.137. The van der Waals surface area contributed by atoms with E-state index in [1.807, 2.05) is 0 Å². The average Bonchev–Trinajstić information content (AvgIpc) is 2.48. The molecule has 6 nitrogen and oxygen atoms in total. The minimum absolute atomic E-state index is 0.0419.